The zero-order chi connectivity index (χ0) is 14.3. The Morgan fingerprint density at radius 3 is 2.63 bits per heavy atom. The second kappa shape index (κ2) is 8.23. The highest BCUT2D eigenvalue weighted by Crippen LogP contribution is 2.15. The summed E-state index contributed by atoms with van der Waals surface area (Å²) in [6.45, 7) is 4.82. The molecule has 2 nitrogen and oxygen atoms in total. The minimum absolute atomic E-state index is 0.138. The summed E-state index contributed by atoms with van der Waals surface area (Å²) in [5.41, 5.74) is 0.427. The summed E-state index contributed by atoms with van der Waals surface area (Å²) in [6, 6.07) is 3.75. The van der Waals surface area contributed by atoms with Gasteiger partial charge in [-0.15, -0.1) is 0 Å². The summed E-state index contributed by atoms with van der Waals surface area (Å²) in [7, 11) is 1.68. The number of hydrogen-bond donors (Lipinski definition) is 1. The van der Waals surface area contributed by atoms with Crippen LogP contribution in [-0.4, -0.2) is 25.8 Å². The van der Waals surface area contributed by atoms with Crippen LogP contribution in [0.15, 0.2) is 18.2 Å². The van der Waals surface area contributed by atoms with Crippen molar-refractivity contribution >= 4 is 0 Å². The van der Waals surface area contributed by atoms with E-state index in [1.54, 1.807) is 7.11 Å². The fourth-order valence-corrected chi connectivity index (χ4v) is 2.08. The van der Waals surface area contributed by atoms with Crippen LogP contribution in [0.1, 0.15) is 32.3 Å². The Kier molecular flexibility index (Phi) is 6.95. The molecule has 0 fully saturated rings. The van der Waals surface area contributed by atoms with Gasteiger partial charge in [0.05, 0.1) is 6.10 Å². The van der Waals surface area contributed by atoms with Gasteiger partial charge in [-0.2, -0.15) is 0 Å². The molecular formula is C15H23F2NO. The third-order valence-electron chi connectivity index (χ3n) is 3.29. The summed E-state index contributed by atoms with van der Waals surface area (Å²) in [4.78, 5) is 0. The molecule has 1 aromatic rings. The Morgan fingerprint density at radius 1 is 1.26 bits per heavy atom. The van der Waals surface area contributed by atoms with E-state index >= 15 is 0 Å². The van der Waals surface area contributed by atoms with Crippen molar-refractivity contribution in [2.24, 2.45) is 0 Å². The van der Waals surface area contributed by atoms with Crippen molar-refractivity contribution in [3.8, 4) is 0 Å². The standard InChI is InChI=1S/C15H23F2NO/c1-4-18-14(7-5-11(2)19-3)10-12-9-13(16)6-8-15(12)17/h6,8-9,11,14,18H,4-5,7,10H2,1-3H3. The number of halogens is 2. The third-order valence-corrected chi connectivity index (χ3v) is 3.29. The van der Waals surface area contributed by atoms with E-state index in [0.29, 0.717) is 12.0 Å². The van der Waals surface area contributed by atoms with Crippen molar-refractivity contribution < 1.29 is 13.5 Å². The maximum atomic E-state index is 13.6. The Balaban J connectivity index is 2.63. The van der Waals surface area contributed by atoms with E-state index in [9.17, 15) is 8.78 Å². The van der Waals surface area contributed by atoms with E-state index < -0.39 is 5.82 Å². The lowest BCUT2D eigenvalue weighted by atomic mass is 10.00. The molecule has 1 aromatic carbocycles. The Morgan fingerprint density at radius 2 is 2.00 bits per heavy atom. The van der Waals surface area contributed by atoms with Crippen LogP contribution in [0.3, 0.4) is 0 Å². The highest BCUT2D eigenvalue weighted by atomic mass is 19.1. The first-order chi connectivity index (χ1) is 9.06. The molecule has 0 bridgehead atoms. The molecule has 2 atom stereocenters. The molecule has 0 saturated carbocycles. The molecule has 0 spiro atoms. The van der Waals surface area contributed by atoms with Gasteiger partial charge in [-0.05, 0) is 56.5 Å². The van der Waals surface area contributed by atoms with Gasteiger partial charge in [0.1, 0.15) is 11.6 Å². The van der Waals surface area contributed by atoms with E-state index in [1.165, 1.54) is 12.1 Å². The summed E-state index contributed by atoms with van der Waals surface area (Å²) >= 11 is 0. The molecule has 1 N–H and O–H groups in total. The lowest BCUT2D eigenvalue weighted by molar-refractivity contribution is 0.106. The number of ether oxygens (including phenoxy) is 1. The topological polar surface area (TPSA) is 21.3 Å². The van der Waals surface area contributed by atoms with Crippen molar-refractivity contribution in [2.45, 2.75) is 45.3 Å². The number of nitrogens with one attached hydrogen (secondary N) is 1. The molecule has 19 heavy (non-hydrogen) atoms. The van der Waals surface area contributed by atoms with Gasteiger partial charge in [0.25, 0.3) is 0 Å². The van der Waals surface area contributed by atoms with E-state index in [1.807, 2.05) is 13.8 Å². The maximum Gasteiger partial charge on any atom is 0.126 e. The van der Waals surface area contributed by atoms with Crippen molar-refractivity contribution in [3.05, 3.63) is 35.4 Å². The largest absolute Gasteiger partial charge is 0.382 e. The monoisotopic (exact) mass is 271 g/mol. The van der Waals surface area contributed by atoms with Gasteiger partial charge >= 0.3 is 0 Å². The van der Waals surface area contributed by atoms with E-state index in [4.69, 9.17) is 4.74 Å². The molecule has 4 heteroatoms. The predicted molar refractivity (Wildman–Crippen MR) is 73.2 cm³/mol. The lowest BCUT2D eigenvalue weighted by Gasteiger charge is -2.20. The predicted octanol–water partition coefficient (Wildman–Crippen LogP) is 3.30. The molecule has 0 aliphatic rings. The van der Waals surface area contributed by atoms with Gasteiger partial charge < -0.3 is 10.1 Å². The average molecular weight is 271 g/mol. The minimum atomic E-state index is -0.392. The number of hydrogen-bond acceptors (Lipinski definition) is 2. The molecule has 0 radical (unpaired) electrons. The summed E-state index contributed by atoms with van der Waals surface area (Å²) < 4.78 is 32.0. The fourth-order valence-electron chi connectivity index (χ4n) is 2.08. The molecule has 0 aliphatic heterocycles. The fraction of sp³-hybridized carbons (Fsp3) is 0.600. The Hall–Kier alpha value is -1.00. The number of methoxy groups -OCH3 is 1. The van der Waals surface area contributed by atoms with Gasteiger partial charge in [-0.1, -0.05) is 6.92 Å². The summed E-state index contributed by atoms with van der Waals surface area (Å²) in [5.74, 6) is -0.735. The van der Waals surface area contributed by atoms with Crippen molar-refractivity contribution in [1.29, 1.82) is 0 Å². The molecule has 0 aromatic heterocycles. The van der Waals surface area contributed by atoms with Gasteiger partial charge in [0.2, 0.25) is 0 Å². The van der Waals surface area contributed by atoms with E-state index in [0.717, 1.165) is 25.5 Å². The van der Waals surface area contributed by atoms with Gasteiger partial charge in [-0.25, -0.2) is 8.78 Å². The molecule has 1 rings (SSSR count). The van der Waals surface area contributed by atoms with Crippen LogP contribution in [0.25, 0.3) is 0 Å². The molecule has 0 heterocycles. The molecule has 108 valence electrons. The van der Waals surface area contributed by atoms with Crippen LogP contribution in [0.2, 0.25) is 0 Å². The van der Waals surface area contributed by atoms with Gasteiger partial charge in [-0.3, -0.25) is 0 Å². The summed E-state index contributed by atoms with van der Waals surface area (Å²) in [6.07, 6.45) is 2.44. The quantitative estimate of drug-likeness (QED) is 0.783. The van der Waals surface area contributed by atoms with Crippen LogP contribution in [-0.2, 0) is 11.2 Å². The molecular weight excluding hydrogens is 248 g/mol. The second-order valence-electron chi connectivity index (χ2n) is 4.82. The second-order valence-corrected chi connectivity index (χ2v) is 4.82. The van der Waals surface area contributed by atoms with Gasteiger partial charge in [0, 0.05) is 13.2 Å². The normalized spacial score (nSPS) is 14.4. The van der Waals surface area contributed by atoms with Crippen molar-refractivity contribution in [3.63, 3.8) is 0 Å². The Labute approximate surface area is 114 Å². The van der Waals surface area contributed by atoms with Crippen LogP contribution < -0.4 is 5.32 Å². The zero-order valence-corrected chi connectivity index (χ0v) is 11.9. The van der Waals surface area contributed by atoms with Crippen molar-refractivity contribution in [1.82, 2.24) is 5.32 Å². The lowest BCUT2D eigenvalue weighted by Crippen LogP contribution is -2.32. The molecule has 0 amide bonds. The average Bonchev–Trinajstić information content (AvgIpc) is 2.40. The number of rotatable bonds is 8. The molecule has 0 aliphatic carbocycles. The van der Waals surface area contributed by atoms with Crippen molar-refractivity contribution in [2.75, 3.05) is 13.7 Å². The molecule has 0 saturated heterocycles. The molecule has 2 unspecified atom stereocenters. The van der Waals surface area contributed by atoms with Crippen LogP contribution in [0.4, 0.5) is 8.78 Å². The highest BCUT2D eigenvalue weighted by Gasteiger charge is 2.13. The first-order valence-electron chi connectivity index (χ1n) is 6.76. The zero-order valence-electron chi connectivity index (χ0n) is 11.9. The maximum absolute atomic E-state index is 13.6. The van der Waals surface area contributed by atoms with Crippen LogP contribution in [0, 0.1) is 11.6 Å². The van der Waals surface area contributed by atoms with Gasteiger partial charge in [0.15, 0.2) is 0 Å². The SMILES string of the molecule is CCNC(CCC(C)OC)Cc1cc(F)ccc1F. The van der Waals surface area contributed by atoms with E-state index in [-0.39, 0.29) is 18.0 Å². The number of benzene rings is 1. The van der Waals surface area contributed by atoms with E-state index in [2.05, 4.69) is 5.32 Å². The minimum Gasteiger partial charge on any atom is -0.382 e. The third kappa shape index (κ3) is 5.66. The first kappa shape index (κ1) is 16.1. The first-order valence-corrected chi connectivity index (χ1v) is 6.76. The van der Waals surface area contributed by atoms with Crippen LogP contribution in [0.5, 0.6) is 0 Å². The highest BCUT2D eigenvalue weighted by molar-refractivity contribution is 5.19. The number of likely N-dealkylation sites (N-methyl/N-ethyl adjacent to an activating group) is 1. The smallest absolute Gasteiger partial charge is 0.126 e. The Bertz CT molecular complexity index is 384. The summed E-state index contributed by atoms with van der Waals surface area (Å²) in [5, 5.41) is 3.31. The van der Waals surface area contributed by atoms with Crippen LogP contribution >= 0.6 is 0 Å².